The van der Waals surface area contributed by atoms with Crippen LogP contribution in [0, 0.1) is 0 Å². The highest BCUT2D eigenvalue weighted by molar-refractivity contribution is 6.35. The van der Waals surface area contributed by atoms with Gasteiger partial charge in [0.1, 0.15) is 6.04 Å². The van der Waals surface area contributed by atoms with Crippen molar-refractivity contribution in [2.24, 2.45) is 0 Å². The zero-order chi connectivity index (χ0) is 27.0. The van der Waals surface area contributed by atoms with Crippen molar-refractivity contribution >= 4 is 35.0 Å². The van der Waals surface area contributed by atoms with E-state index in [1.165, 1.54) is 5.56 Å². The van der Waals surface area contributed by atoms with Crippen LogP contribution in [-0.4, -0.2) is 28.3 Å². The average Bonchev–Trinajstić information content (AvgIpc) is 2.85. The molecule has 0 saturated carbocycles. The molecule has 0 radical (unpaired) electrons. The highest BCUT2D eigenvalue weighted by Gasteiger charge is 2.32. The molecule has 1 atom stereocenters. The molecule has 3 aromatic rings. The minimum absolute atomic E-state index is 0.101. The van der Waals surface area contributed by atoms with Gasteiger partial charge in [0.25, 0.3) is 0 Å². The molecule has 0 spiro atoms. The Bertz CT molecular complexity index is 1190. The van der Waals surface area contributed by atoms with Crippen LogP contribution in [0.5, 0.6) is 0 Å². The molecule has 2 amide bonds. The molecule has 4 nitrogen and oxygen atoms in total. The average molecular weight is 540 g/mol. The molecule has 0 bridgehead atoms. The summed E-state index contributed by atoms with van der Waals surface area (Å²) in [7, 11) is 0. The lowest BCUT2D eigenvalue weighted by atomic mass is 9.99. The highest BCUT2D eigenvalue weighted by atomic mass is 35.5. The standard InChI is InChI=1S/C31H36Cl2N2O2/c1-5-22-11-13-23(14-12-22)15-18-29(36)35(21-25-16-17-26(32)20-27(25)33)28(30(37)34-31(2,3)4)19-24-9-7-6-8-10-24/h6-14,16-17,20,28H,5,15,18-19,21H2,1-4H3,(H,34,37)/t28-/m0/s1. The van der Waals surface area contributed by atoms with Gasteiger partial charge in [-0.05, 0) is 68.0 Å². The predicted molar refractivity (Wildman–Crippen MR) is 153 cm³/mol. The van der Waals surface area contributed by atoms with E-state index in [0.717, 1.165) is 23.1 Å². The van der Waals surface area contributed by atoms with E-state index in [4.69, 9.17) is 23.2 Å². The van der Waals surface area contributed by atoms with Gasteiger partial charge in [0.2, 0.25) is 11.8 Å². The first kappa shape index (κ1) is 28.7. The van der Waals surface area contributed by atoms with E-state index in [0.29, 0.717) is 22.9 Å². The second-order valence-corrected chi connectivity index (χ2v) is 11.2. The Morgan fingerprint density at radius 1 is 0.892 bits per heavy atom. The zero-order valence-corrected chi connectivity index (χ0v) is 23.6. The van der Waals surface area contributed by atoms with Crippen LogP contribution >= 0.6 is 23.2 Å². The van der Waals surface area contributed by atoms with Crippen LogP contribution in [-0.2, 0) is 35.4 Å². The van der Waals surface area contributed by atoms with Crippen LogP contribution in [0.4, 0.5) is 0 Å². The maximum absolute atomic E-state index is 13.8. The van der Waals surface area contributed by atoms with Crippen LogP contribution in [0.3, 0.4) is 0 Å². The molecule has 0 aliphatic rings. The van der Waals surface area contributed by atoms with Gasteiger partial charge in [-0.2, -0.15) is 0 Å². The minimum atomic E-state index is -0.705. The summed E-state index contributed by atoms with van der Waals surface area (Å²) in [5, 5.41) is 4.07. The maximum Gasteiger partial charge on any atom is 0.243 e. The number of hydrogen-bond donors (Lipinski definition) is 1. The lowest BCUT2D eigenvalue weighted by Gasteiger charge is -2.34. The number of halogens is 2. The summed E-state index contributed by atoms with van der Waals surface area (Å²) in [4.78, 5) is 29.1. The van der Waals surface area contributed by atoms with Crippen molar-refractivity contribution < 1.29 is 9.59 Å². The second kappa shape index (κ2) is 13.1. The molecule has 0 heterocycles. The van der Waals surface area contributed by atoms with Crippen molar-refractivity contribution in [2.45, 2.75) is 71.5 Å². The third-order valence-electron chi connectivity index (χ3n) is 6.18. The molecular formula is C31H36Cl2N2O2. The van der Waals surface area contributed by atoms with Gasteiger partial charge in [-0.1, -0.05) is 90.8 Å². The fourth-order valence-electron chi connectivity index (χ4n) is 4.18. The van der Waals surface area contributed by atoms with Crippen LogP contribution in [0.1, 0.15) is 56.4 Å². The van der Waals surface area contributed by atoms with E-state index in [9.17, 15) is 9.59 Å². The lowest BCUT2D eigenvalue weighted by Crippen LogP contribution is -2.54. The van der Waals surface area contributed by atoms with E-state index in [-0.39, 0.29) is 24.8 Å². The van der Waals surface area contributed by atoms with E-state index < -0.39 is 11.6 Å². The predicted octanol–water partition coefficient (Wildman–Crippen LogP) is 7.04. The van der Waals surface area contributed by atoms with E-state index in [2.05, 4.69) is 36.5 Å². The number of nitrogens with zero attached hydrogens (tertiary/aromatic N) is 1. The zero-order valence-electron chi connectivity index (χ0n) is 22.1. The Morgan fingerprint density at radius 2 is 1.54 bits per heavy atom. The molecular weight excluding hydrogens is 503 g/mol. The number of hydrogen-bond acceptors (Lipinski definition) is 2. The number of carbonyl (C=O) groups excluding carboxylic acids is 2. The maximum atomic E-state index is 13.8. The summed E-state index contributed by atoms with van der Waals surface area (Å²) in [5.41, 5.74) is 3.63. The van der Waals surface area contributed by atoms with E-state index in [1.807, 2.05) is 57.2 Å². The number of amides is 2. The Labute approximate surface area is 231 Å². The quantitative estimate of drug-likeness (QED) is 0.300. The van der Waals surface area contributed by atoms with Crippen molar-refractivity contribution in [1.82, 2.24) is 10.2 Å². The highest BCUT2D eigenvalue weighted by Crippen LogP contribution is 2.25. The summed E-state index contributed by atoms with van der Waals surface area (Å²) in [6.45, 7) is 8.14. The summed E-state index contributed by atoms with van der Waals surface area (Å²) in [5.74, 6) is -0.294. The summed E-state index contributed by atoms with van der Waals surface area (Å²) < 4.78 is 0. The Balaban J connectivity index is 1.94. The smallest absolute Gasteiger partial charge is 0.243 e. The van der Waals surface area contributed by atoms with Crippen molar-refractivity contribution in [1.29, 1.82) is 0 Å². The molecule has 0 aromatic heterocycles. The molecule has 37 heavy (non-hydrogen) atoms. The van der Waals surface area contributed by atoms with Crippen LogP contribution in [0.15, 0.2) is 72.8 Å². The van der Waals surface area contributed by atoms with Crippen molar-refractivity contribution in [3.63, 3.8) is 0 Å². The number of rotatable bonds is 10. The van der Waals surface area contributed by atoms with E-state index >= 15 is 0 Å². The normalized spacial score (nSPS) is 12.2. The van der Waals surface area contributed by atoms with Gasteiger partial charge < -0.3 is 10.2 Å². The molecule has 0 unspecified atom stereocenters. The summed E-state index contributed by atoms with van der Waals surface area (Å²) >= 11 is 12.6. The topological polar surface area (TPSA) is 49.4 Å². The van der Waals surface area contributed by atoms with Gasteiger partial charge in [0.05, 0.1) is 0 Å². The van der Waals surface area contributed by atoms with Crippen LogP contribution in [0.2, 0.25) is 10.0 Å². The fraction of sp³-hybridized carbons (Fsp3) is 0.355. The Morgan fingerprint density at radius 3 is 2.14 bits per heavy atom. The molecule has 3 aromatic carbocycles. The number of aryl methyl sites for hydroxylation is 2. The van der Waals surface area contributed by atoms with Crippen LogP contribution < -0.4 is 5.32 Å². The molecule has 3 rings (SSSR count). The third kappa shape index (κ3) is 8.91. The van der Waals surface area contributed by atoms with E-state index in [1.54, 1.807) is 17.0 Å². The van der Waals surface area contributed by atoms with Gasteiger partial charge in [-0.25, -0.2) is 0 Å². The SMILES string of the molecule is CCc1ccc(CCC(=O)N(Cc2ccc(Cl)cc2Cl)[C@@H](Cc2ccccc2)C(=O)NC(C)(C)C)cc1. The van der Waals surface area contributed by atoms with Gasteiger partial charge >= 0.3 is 0 Å². The van der Waals surface area contributed by atoms with Crippen molar-refractivity contribution in [3.05, 3.63) is 105 Å². The molecule has 6 heteroatoms. The third-order valence-corrected chi connectivity index (χ3v) is 6.77. The molecule has 1 N–H and O–H groups in total. The van der Waals surface area contributed by atoms with Crippen LogP contribution in [0.25, 0.3) is 0 Å². The van der Waals surface area contributed by atoms with Gasteiger partial charge in [0, 0.05) is 35.0 Å². The minimum Gasteiger partial charge on any atom is -0.350 e. The first-order chi connectivity index (χ1) is 17.6. The van der Waals surface area contributed by atoms with Crippen molar-refractivity contribution in [2.75, 3.05) is 0 Å². The Hall–Kier alpha value is -2.82. The van der Waals surface area contributed by atoms with Gasteiger partial charge in [-0.3, -0.25) is 9.59 Å². The molecule has 0 aliphatic carbocycles. The fourth-order valence-corrected chi connectivity index (χ4v) is 4.65. The molecule has 0 aliphatic heterocycles. The number of benzene rings is 3. The summed E-state index contributed by atoms with van der Waals surface area (Å²) in [6, 6.07) is 22.6. The monoisotopic (exact) mass is 538 g/mol. The number of nitrogens with one attached hydrogen (secondary N) is 1. The molecule has 196 valence electrons. The Kier molecular flexibility index (Phi) is 10.2. The molecule has 0 fully saturated rings. The van der Waals surface area contributed by atoms with Crippen molar-refractivity contribution in [3.8, 4) is 0 Å². The lowest BCUT2D eigenvalue weighted by molar-refractivity contribution is -0.141. The first-order valence-corrected chi connectivity index (χ1v) is 13.5. The number of carbonyl (C=O) groups is 2. The molecule has 0 saturated heterocycles. The summed E-state index contributed by atoms with van der Waals surface area (Å²) in [6.07, 6.45) is 2.24. The van der Waals surface area contributed by atoms with Gasteiger partial charge in [-0.15, -0.1) is 0 Å². The van der Waals surface area contributed by atoms with Gasteiger partial charge in [0.15, 0.2) is 0 Å². The largest absolute Gasteiger partial charge is 0.350 e. The first-order valence-electron chi connectivity index (χ1n) is 12.7. The second-order valence-electron chi connectivity index (χ2n) is 10.4.